The fourth-order valence-electron chi connectivity index (χ4n) is 1.44. The van der Waals surface area contributed by atoms with Crippen LogP contribution in [0.2, 0.25) is 0 Å². The second-order valence-electron chi connectivity index (χ2n) is 3.20. The number of likely N-dealkylation sites (N-methyl/N-ethyl adjacent to an activating group) is 1. The zero-order chi connectivity index (χ0) is 9.26. The van der Waals surface area contributed by atoms with Crippen LogP contribution in [0, 0.1) is 5.82 Å². The number of halogens is 1. The van der Waals surface area contributed by atoms with Gasteiger partial charge in [-0.2, -0.15) is 0 Å². The smallest absolute Gasteiger partial charge is 0.165 e. The first-order chi connectivity index (χ1) is 6.31. The monoisotopic (exact) mass is 181 g/mol. The molecule has 1 saturated heterocycles. The number of pyridine rings is 1. The molecule has 1 aliphatic heterocycles. The summed E-state index contributed by atoms with van der Waals surface area (Å²) in [6, 6.07) is 3.52. The van der Waals surface area contributed by atoms with Crippen molar-refractivity contribution in [1.29, 1.82) is 0 Å². The number of nitrogens with zero attached hydrogens (tertiary/aromatic N) is 2. The van der Waals surface area contributed by atoms with E-state index in [4.69, 9.17) is 0 Å². The quantitative estimate of drug-likeness (QED) is 0.725. The van der Waals surface area contributed by atoms with Crippen molar-refractivity contribution in [1.82, 2.24) is 10.3 Å². The highest BCUT2D eigenvalue weighted by Gasteiger charge is 2.27. The van der Waals surface area contributed by atoms with Crippen molar-refractivity contribution in [3.05, 3.63) is 24.1 Å². The summed E-state index contributed by atoms with van der Waals surface area (Å²) in [4.78, 5) is 5.92. The first-order valence-electron chi connectivity index (χ1n) is 4.34. The first kappa shape index (κ1) is 8.44. The topological polar surface area (TPSA) is 28.2 Å². The molecule has 1 fully saturated rings. The van der Waals surface area contributed by atoms with Gasteiger partial charge in [0.25, 0.3) is 0 Å². The van der Waals surface area contributed by atoms with Crippen molar-refractivity contribution in [2.24, 2.45) is 0 Å². The molecule has 0 saturated carbocycles. The maximum Gasteiger partial charge on any atom is 0.165 e. The summed E-state index contributed by atoms with van der Waals surface area (Å²) in [6.45, 7) is 1.68. The van der Waals surface area contributed by atoms with Crippen molar-refractivity contribution >= 4 is 5.82 Å². The fourth-order valence-corrected chi connectivity index (χ4v) is 1.44. The van der Waals surface area contributed by atoms with Gasteiger partial charge in [0.1, 0.15) is 0 Å². The van der Waals surface area contributed by atoms with E-state index in [9.17, 15) is 4.39 Å². The average Bonchev–Trinajstić information content (AvgIpc) is 2.06. The van der Waals surface area contributed by atoms with Gasteiger partial charge in [-0.05, 0) is 19.2 Å². The SMILES string of the molecule is CNC1CN(c2ncccc2F)C1. The van der Waals surface area contributed by atoms with E-state index in [-0.39, 0.29) is 5.82 Å². The third-order valence-electron chi connectivity index (χ3n) is 2.33. The average molecular weight is 181 g/mol. The Balaban J connectivity index is 2.07. The molecule has 2 rings (SSSR count). The van der Waals surface area contributed by atoms with Crippen LogP contribution in [-0.2, 0) is 0 Å². The van der Waals surface area contributed by atoms with E-state index < -0.39 is 0 Å². The highest BCUT2D eigenvalue weighted by atomic mass is 19.1. The Morgan fingerprint density at radius 1 is 1.62 bits per heavy atom. The summed E-state index contributed by atoms with van der Waals surface area (Å²) in [5.74, 6) is 0.228. The lowest BCUT2D eigenvalue weighted by Gasteiger charge is -2.39. The van der Waals surface area contributed by atoms with Gasteiger partial charge in [0.05, 0.1) is 0 Å². The zero-order valence-electron chi connectivity index (χ0n) is 7.50. The number of aromatic nitrogens is 1. The molecule has 1 aliphatic rings. The molecule has 0 spiro atoms. The van der Waals surface area contributed by atoms with Gasteiger partial charge in [-0.25, -0.2) is 9.37 Å². The molecule has 1 aromatic heterocycles. The van der Waals surface area contributed by atoms with E-state index in [1.54, 1.807) is 12.3 Å². The molecule has 0 bridgehead atoms. The Kier molecular flexibility index (Phi) is 2.14. The van der Waals surface area contributed by atoms with Crippen LogP contribution in [0.5, 0.6) is 0 Å². The van der Waals surface area contributed by atoms with Crippen molar-refractivity contribution in [3.63, 3.8) is 0 Å². The first-order valence-corrected chi connectivity index (χ1v) is 4.34. The summed E-state index contributed by atoms with van der Waals surface area (Å²) < 4.78 is 13.2. The second-order valence-corrected chi connectivity index (χ2v) is 3.20. The Morgan fingerprint density at radius 2 is 2.38 bits per heavy atom. The summed E-state index contributed by atoms with van der Waals surface area (Å²) in [5.41, 5.74) is 0. The summed E-state index contributed by atoms with van der Waals surface area (Å²) >= 11 is 0. The van der Waals surface area contributed by atoms with Gasteiger partial charge in [0.15, 0.2) is 11.6 Å². The normalized spacial score (nSPS) is 17.2. The lowest BCUT2D eigenvalue weighted by molar-refractivity contribution is 0.439. The van der Waals surface area contributed by atoms with Crippen molar-refractivity contribution in [2.75, 3.05) is 25.0 Å². The van der Waals surface area contributed by atoms with Gasteiger partial charge in [-0.3, -0.25) is 0 Å². The summed E-state index contributed by atoms with van der Waals surface area (Å²) in [5, 5.41) is 3.13. The Hall–Kier alpha value is -1.16. The van der Waals surface area contributed by atoms with E-state index in [2.05, 4.69) is 10.3 Å². The van der Waals surface area contributed by atoms with E-state index in [0.717, 1.165) is 13.1 Å². The van der Waals surface area contributed by atoms with Gasteiger partial charge in [-0.1, -0.05) is 0 Å². The lowest BCUT2D eigenvalue weighted by atomic mass is 10.1. The molecule has 0 radical (unpaired) electrons. The van der Waals surface area contributed by atoms with E-state index in [1.165, 1.54) is 6.07 Å². The number of anilines is 1. The van der Waals surface area contributed by atoms with Crippen LogP contribution in [0.3, 0.4) is 0 Å². The van der Waals surface area contributed by atoms with Crippen LogP contribution >= 0.6 is 0 Å². The molecule has 1 N–H and O–H groups in total. The van der Waals surface area contributed by atoms with Crippen LogP contribution in [0.4, 0.5) is 10.2 Å². The third kappa shape index (κ3) is 1.49. The maximum atomic E-state index is 13.2. The van der Waals surface area contributed by atoms with Crippen LogP contribution < -0.4 is 10.2 Å². The molecular weight excluding hydrogens is 169 g/mol. The van der Waals surface area contributed by atoms with Gasteiger partial charge in [0, 0.05) is 25.3 Å². The Bertz CT molecular complexity index is 297. The molecule has 13 heavy (non-hydrogen) atoms. The van der Waals surface area contributed by atoms with E-state index in [1.807, 2.05) is 11.9 Å². The predicted octanol–water partition coefficient (Wildman–Crippen LogP) is 0.629. The largest absolute Gasteiger partial charge is 0.351 e. The van der Waals surface area contributed by atoms with Gasteiger partial charge >= 0.3 is 0 Å². The molecule has 0 atom stereocenters. The minimum absolute atomic E-state index is 0.239. The minimum atomic E-state index is -0.239. The third-order valence-corrected chi connectivity index (χ3v) is 2.33. The number of rotatable bonds is 2. The number of hydrogen-bond acceptors (Lipinski definition) is 3. The standard InChI is InChI=1S/C9H12FN3/c1-11-7-5-13(6-7)9-8(10)3-2-4-12-9/h2-4,7,11H,5-6H2,1H3. The van der Waals surface area contributed by atoms with Gasteiger partial charge in [-0.15, -0.1) is 0 Å². The summed E-state index contributed by atoms with van der Waals surface area (Å²) in [6.07, 6.45) is 1.62. The van der Waals surface area contributed by atoms with Crippen molar-refractivity contribution in [2.45, 2.75) is 6.04 Å². The molecule has 0 unspecified atom stereocenters. The Labute approximate surface area is 76.6 Å². The van der Waals surface area contributed by atoms with Crippen LogP contribution in [0.1, 0.15) is 0 Å². The van der Waals surface area contributed by atoms with Crippen LogP contribution in [0.15, 0.2) is 18.3 Å². The lowest BCUT2D eigenvalue weighted by Crippen LogP contribution is -2.57. The highest BCUT2D eigenvalue weighted by Crippen LogP contribution is 2.20. The molecule has 70 valence electrons. The second kappa shape index (κ2) is 3.30. The molecule has 1 aromatic rings. The van der Waals surface area contributed by atoms with Crippen LogP contribution in [0.25, 0.3) is 0 Å². The Morgan fingerprint density at radius 3 is 3.00 bits per heavy atom. The molecule has 2 heterocycles. The molecule has 3 nitrogen and oxygen atoms in total. The fraction of sp³-hybridized carbons (Fsp3) is 0.444. The number of hydrogen-bond donors (Lipinski definition) is 1. The van der Waals surface area contributed by atoms with Gasteiger partial charge < -0.3 is 10.2 Å². The minimum Gasteiger partial charge on any atom is -0.351 e. The highest BCUT2D eigenvalue weighted by molar-refractivity contribution is 5.43. The maximum absolute atomic E-state index is 13.2. The predicted molar refractivity (Wildman–Crippen MR) is 49.3 cm³/mol. The zero-order valence-corrected chi connectivity index (χ0v) is 7.50. The molecule has 0 aliphatic carbocycles. The van der Waals surface area contributed by atoms with Gasteiger partial charge in [0.2, 0.25) is 0 Å². The molecule has 0 aromatic carbocycles. The van der Waals surface area contributed by atoms with Crippen molar-refractivity contribution < 1.29 is 4.39 Å². The molecule has 0 amide bonds. The molecular formula is C9H12FN3. The molecule has 4 heteroatoms. The van der Waals surface area contributed by atoms with Crippen molar-refractivity contribution in [3.8, 4) is 0 Å². The van der Waals surface area contributed by atoms with E-state index in [0.29, 0.717) is 11.9 Å². The summed E-state index contributed by atoms with van der Waals surface area (Å²) in [7, 11) is 1.91. The van der Waals surface area contributed by atoms with E-state index >= 15 is 0 Å². The number of nitrogens with one attached hydrogen (secondary N) is 1. The van der Waals surface area contributed by atoms with Crippen LogP contribution in [-0.4, -0.2) is 31.2 Å².